The van der Waals surface area contributed by atoms with Crippen molar-refractivity contribution < 1.29 is 0 Å². The lowest BCUT2D eigenvalue weighted by molar-refractivity contribution is 0.527. The van der Waals surface area contributed by atoms with Gasteiger partial charge in [0, 0.05) is 24.2 Å². The van der Waals surface area contributed by atoms with Crippen LogP contribution in [0.15, 0.2) is 29.9 Å². The lowest BCUT2D eigenvalue weighted by atomic mass is 10.0. The highest BCUT2D eigenvalue weighted by Gasteiger charge is 2.26. The van der Waals surface area contributed by atoms with E-state index in [9.17, 15) is 0 Å². The standard InChI is InChI=1S/C15H16N4S/c1-2-19-12-3-6-16-9-11(12)18-15(19)14-10-5-8-20-13(10)4-7-17-14/h3,5-6,8-9,14,17H,2,4,7H2,1H3. The molecule has 1 aliphatic rings. The van der Waals surface area contributed by atoms with E-state index in [1.54, 1.807) is 0 Å². The van der Waals surface area contributed by atoms with Gasteiger partial charge in [-0.05, 0) is 36.4 Å². The second-order valence-electron chi connectivity index (χ2n) is 5.01. The number of rotatable bonds is 2. The summed E-state index contributed by atoms with van der Waals surface area (Å²) in [5, 5.41) is 5.80. The van der Waals surface area contributed by atoms with Crippen molar-refractivity contribution in [3.8, 4) is 0 Å². The molecule has 20 heavy (non-hydrogen) atoms. The van der Waals surface area contributed by atoms with Gasteiger partial charge in [-0.2, -0.15) is 0 Å². The van der Waals surface area contributed by atoms with E-state index in [-0.39, 0.29) is 6.04 Å². The molecule has 0 bridgehead atoms. The maximum absolute atomic E-state index is 4.83. The normalized spacial score (nSPS) is 18.4. The van der Waals surface area contributed by atoms with Crippen LogP contribution < -0.4 is 5.32 Å². The Bertz CT molecular complexity index is 758. The highest BCUT2D eigenvalue weighted by molar-refractivity contribution is 7.10. The molecule has 102 valence electrons. The molecule has 0 amide bonds. The molecule has 1 atom stereocenters. The highest BCUT2D eigenvalue weighted by Crippen LogP contribution is 2.32. The van der Waals surface area contributed by atoms with Crippen LogP contribution >= 0.6 is 11.3 Å². The summed E-state index contributed by atoms with van der Waals surface area (Å²) in [5.74, 6) is 1.11. The van der Waals surface area contributed by atoms with Gasteiger partial charge in [-0.1, -0.05) is 0 Å². The van der Waals surface area contributed by atoms with Crippen LogP contribution in [0.3, 0.4) is 0 Å². The maximum atomic E-state index is 4.83. The zero-order chi connectivity index (χ0) is 13.5. The van der Waals surface area contributed by atoms with Gasteiger partial charge >= 0.3 is 0 Å². The van der Waals surface area contributed by atoms with Gasteiger partial charge < -0.3 is 9.88 Å². The monoisotopic (exact) mass is 284 g/mol. The third kappa shape index (κ3) is 1.70. The van der Waals surface area contributed by atoms with Crippen LogP contribution in [0.4, 0.5) is 0 Å². The first-order valence-electron chi connectivity index (χ1n) is 6.98. The summed E-state index contributed by atoms with van der Waals surface area (Å²) >= 11 is 1.85. The molecule has 0 fully saturated rings. The minimum atomic E-state index is 0.206. The first kappa shape index (κ1) is 12.1. The number of aromatic nitrogens is 3. The van der Waals surface area contributed by atoms with Gasteiger partial charge in [0.2, 0.25) is 0 Å². The van der Waals surface area contributed by atoms with E-state index in [4.69, 9.17) is 4.98 Å². The smallest absolute Gasteiger partial charge is 0.131 e. The van der Waals surface area contributed by atoms with Crippen LogP contribution in [0.25, 0.3) is 11.0 Å². The fourth-order valence-electron chi connectivity index (χ4n) is 3.03. The Balaban J connectivity index is 1.91. The zero-order valence-electron chi connectivity index (χ0n) is 11.3. The number of fused-ring (bicyclic) bond motifs is 2. The minimum Gasteiger partial charge on any atom is -0.327 e. The van der Waals surface area contributed by atoms with Crippen molar-refractivity contribution in [2.45, 2.75) is 25.9 Å². The Morgan fingerprint density at radius 1 is 1.45 bits per heavy atom. The van der Waals surface area contributed by atoms with E-state index in [0.717, 1.165) is 30.9 Å². The van der Waals surface area contributed by atoms with Gasteiger partial charge in [0.15, 0.2) is 0 Å². The molecule has 0 aliphatic carbocycles. The number of pyridine rings is 1. The predicted octanol–water partition coefficient (Wildman–Crippen LogP) is 2.75. The first-order valence-corrected chi connectivity index (χ1v) is 7.86. The Labute approximate surface area is 121 Å². The molecule has 1 unspecified atom stereocenters. The molecule has 5 heteroatoms. The van der Waals surface area contributed by atoms with Crippen molar-refractivity contribution in [1.29, 1.82) is 0 Å². The molecule has 4 heterocycles. The summed E-state index contributed by atoms with van der Waals surface area (Å²) in [6.07, 6.45) is 4.81. The van der Waals surface area contributed by atoms with Crippen LogP contribution in [0.5, 0.6) is 0 Å². The summed E-state index contributed by atoms with van der Waals surface area (Å²) in [5.41, 5.74) is 3.54. The maximum Gasteiger partial charge on any atom is 0.131 e. The summed E-state index contributed by atoms with van der Waals surface area (Å²) in [6.45, 7) is 4.11. The summed E-state index contributed by atoms with van der Waals surface area (Å²) < 4.78 is 2.29. The molecule has 3 aromatic rings. The third-order valence-electron chi connectivity index (χ3n) is 3.95. The van der Waals surface area contributed by atoms with Gasteiger partial charge in [0.25, 0.3) is 0 Å². The van der Waals surface area contributed by atoms with Gasteiger partial charge in [-0.15, -0.1) is 11.3 Å². The molecule has 4 nitrogen and oxygen atoms in total. The Kier molecular flexibility index (Phi) is 2.82. The number of aryl methyl sites for hydroxylation is 1. The van der Waals surface area contributed by atoms with Crippen LogP contribution in [0.1, 0.15) is 29.2 Å². The third-order valence-corrected chi connectivity index (χ3v) is 4.94. The molecule has 4 rings (SSSR count). The lowest BCUT2D eigenvalue weighted by Gasteiger charge is -2.24. The van der Waals surface area contributed by atoms with Crippen LogP contribution in [-0.2, 0) is 13.0 Å². The summed E-state index contributed by atoms with van der Waals surface area (Å²) in [4.78, 5) is 10.5. The molecule has 0 aromatic carbocycles. The minimum absolute atomic E-state index is 0.206. The molecule has 0 radical (unpaired) electrons. The fourth-order valence-corrected chi connectivity index (χ4v) is 3.96. The van der Waals surface area contributed by atoms with Crippen molar-refractivity contribution in [2.24, 2.45) is 0 Å². The second-order valence-corrected chi connectivity index (χ2v) is 6.02. The van der Waals surface area contributed by atoms with Crippen LogP contribution in [-0.4, -0.2) is 21.1 Å². The van der Waals surface area contributed by atoms with Gasteiger partial charge in [-0.3, -0.25) is 4.98 Å². The van der Waals surface area contributed by atoms with E-state index in [1.165, 1.54) is 16.0 Å². The zero-order valence-corrected chi connectivity index (χ0v) is 12.2. The molecule has 3 aromatic heterocycles. The quantitative estimate of drug-likeness (QED) is 0.787. The Morgan fingerprint density at radius 2 is 2.40 bits per heavy atom. The average molecular weight is 284 g/mol. The van der Waals surface area contributed by atoms with E-state index >= 15 is 0 Å². The number of hydrogen-bond acceptors (Lipinski definition) is 4. The lowest BCUT2D eigenvalue weighted by Crippen LogP contribution is -2.31. The predicted molar refractivity (Wildman–Crippen MR) is 81.1 cm³/mol. The SMILES string of the molecule is CCn1c(C2NCCc3sccc32)nc2cnccc21. The molecule has 0 spiro atoms. The largest absolute Gasteiger partial charge is 0.327 e. The number of thiophene rings is 1. The summed E-state index contributed by atoms with van der Waals surface area (Å²) in [7, 11) is 0. The average Bonchev–Trinajstić information content (AvgIpc) is 3.10. The van der Waals surface area contributed by atoms with Crippen LogP contribution in [0.2, 0.25) is 0 Å². The Morgan fingerprint density at radius 3 is 3.30 bits per heavy atom. The highest BCUT2D eigenvalue weighted by atomic mass is 32.1. The molecule has 0 saturated heterocycles. The Hall–Kier alpha value is -1.72. The molecular weight excluding hydrogens is 268 g/mol. The number of hydrogen-bond donors (Lipinski definition) is 1. The van der Waals surface area contributed by atoms with Crippen molar-refractivity contribution in [2.75, 3.05) is 6.54 Å². The summed E-state index contributed by atoms with van der Waals surface area (Å²) in [6, 6.07) is 4.48. The molecular formula is C15H16N4S. The van der Waals surface area contributed by atoms with Gasteiger partial charge in [0.05, 0.1) is 17.8 Å². The molecule has 0 saturated carbocycles. The number of nitrogens with zero attached hydrogens (tertiary/aromatic N) is 3. The van der Waals surface area contributed by atoms with E-state index in [1.807, 2.05) is 29.8 Å². The molecule has 1 aliphatic heterocycles. The van der Waals surface area contributed by atoms with Gasteiger partial charge in [-0.25, -0.2) is 4.98 Å². The van der Waals surface area contributed by atoms with E-state index in [0.29, 0.717) is 0 Å². The van der Waals surface area contributed by atoms with E-state index < -0.39 is 0 Å². The van der Waals surface area contributed by atoms with Crippen molar-refractivity contribution in [1.82, 2.24) is 19.9 Å². The molecule has 1 N–H and O–H groups in total. The first-order chi connectivity index (χ1) is 9.88. The topological polar surface area (TPSA) is 42.7 Å². The second kappa shape index (κ2) is 4.68. The van der Waals surface area contributed by atoms with Crippen molar-refractivity contribution >= 4 is 22.4 Å². The fraction of sp³-hybridized carbons (Fsp3) is 0.333. The van der Waals surface area contributed by atoms with Crippen molar-refractivity contribution in [3.05, 3.63) is 46.2 Å². The van der Waals surface area contributed by atoms with Crippen molar-refractivity contribution in [3.63, 3.8) is 0 Å². The van der Waals surface area contributed by atoms with E-state index in [2.05, 4.69) is 33.2 Å². The van der Waals surface area contributed by atoms with Gasteiger partial charge in [0.1, 0.15) is 11.3 Å². The number of nitrogens with one attached hydrogen (secondary N) is 1. The number of imidazole rings is 1. The van der Waals surface area contributed by atoms with Crippen LogP contribution in [0, 0.1) is 0 Å².